The monoisotopic (exact) mass is 556 g/mol. The van der Waals surface area contributed by atoms with Gasteiger partial charge in [-0.05, 0) is 113 Å². The van der Waals surface area contributed by atoms with E-state index in [9.17, 15) is 4.79 Å². The molecule has 1 aromatic carbocycles. The Morgan fingerprint density at radius 2 is 1.90 bits per heavy atom. The van der Waals surface area contributed by atoms with Crippen molar-refractivity contribution in [1.29, 1.82) is 5.41 Å². The molecule has 3 aliphatic rings. The van der Waals surface area contributed by atoms with Crippen LogP contribution in [0.25, 0.3) is 11.3 Å². The van der Waals surface area contributed by atoms with Crippen molar-refractivity contribution in [1.82, 2.24) is 14.8 Å². The van der Waals surface area contributed by atoms with Crippen LogP contribution in [0.2, 0.25) is 0 Å². The minimum absolute atomic E-state index is 0.257. The van der Waals surface area contributed by atoms with Crippen molar-refractivity contribution in [3.05, 3.63) is 75.7 Å². The van der Waals surface area contributed by atoms with E-state index in [1.165, 1.54) is 50.3 Å². The molecule has 0 spiro atoms. The number of aryl methyl sites for hydroxylation is 2. The third-order valence-corrected chi connectivity index (χ3v) is 10.3. The number of amides is 1. The third kappa shape index (κ3) is 5.80. The van der Waals surface area contributed by atoms with Gasteiger partial charge in [-0.3, -0.25) is 4.79 Å². The molecular formula is C34H44N4OS. The Morgan fingerprint density at radius 1 is 1.18 bits per heavy atom. The lowest BCUT2D eigenvalue weighted by Crippen LogP contribution is -2.40. The van der Waals surface area contributed by atoms with E-state index in [1.807, 2.05) is 12.2 Å². The first-order chi connectivity index (χ1) is 19.2. The number of rotatable bonds is 9. The fraction of sp³-hybridized carbons (Fsp3) is 0.471. The number of nitrogens with zero attached hydrogens (tertiary/aromatic N) is 2. The van der Waals surface area contributed by atoms with Gasteiger partial charge in [-0.2, -0.15) is 0 Å². The molecular weight excluding hydrogens is 512 g/mol. The number of hydrogen-bond acceptors (Lipinski definition) is 4. The second-order valence-corrected chi connectivity index (χ2v) is 13.3. The molecule has 0 radical (unpaired) electrons. The maximum absolute atomic E-state index is 13.5. The molecule has 0 aliphatic carbocycles. The molecule has 0 saturated carbocycles. The van der Waals surface area contributed by atoms with Crippen LogP contribution >= 0.6 is 11.8 Å². The first kappa shape index (κ1) is 28.7. The number of carbonyl (C=O) groups excluding carboxylic acids is 1. The van der Waals surface area contributed by atoms with E-state index in [4.69, 9.17) is 5.41 Å². The van der Waals surface area contributed by atoms with Crippen molar-refractivity contribution < 1.29 is 4.79 Å². The Bertz CT molecular complexity index is 1340. The number of aromatic amines is 1. The van der Waals surface area contributed by atoms with Gasteiger partial charge < -0.3 is 20.2 Å². The zero-order valence-corrected chi connectivity index (χ0v) is 25.4. The molecule has 40 heavy (non-hydrogen) atoms. The minimum atomic E-state index is -0.518. The summed E-state index contributed by atoms with van der Waals surface area (Å²) in [6.07, 6.45) is 12.7. The number of benzene rings is 1. The molecule has 4 heterocycles. The molecule has 3 aliphatic heterocycles. The topological polar surface area (TPSA) is 63.2 Å². The predicted molar refractivity (Wildman–Crippen MR) is 168 cm³/mol. The Balaban J connectivity index is 1.41. The van der Waals surface area contributed by atoms with E-state index in [0.29, 0.717) is 5.92 Å². The molecule has 5 nitrogen and oxygen atoms in total. The molecule has 5 rings (SSSR count). The number of allylic oxidation sites excluding steroid dienone is 3. The summed E-state index contributed by atoms with van der Waals surface area (Å²) >= 11 is 1.76. The van der Waals surface area contributed by atoms with E-state index < -0.39 is 5.41 Å². The zero-order chi connectivity index (χ0) is 28.4. The van der Waals surface area contributed by atoms with E-state index in [0.717, 1.165) is 69.7 Å². The lowest BCUT2D eigenvalue weighted by atomic mass is 9.89. The van der Waals surface area contributed by atoms with E-state index in [-0.39, 0.29) is 5.91 Å². The fourth-order valence-electron chi connectivity index (χ4n) is 6.69. The highest BCUT2D eigenvalue weighted by molar-refractivity contribution is 8.03. The van der Waals surface area contributed by atoms with Gasteiger partial charge in [-0.15, -0.1) is 0 Å². The van der Waals surface area contributed by atoms with Crippen LogP contribution in [0, 0.1) is 30.6 Å². The van der Waals surface area contributed by atoms with Gasteiger partial charge in [0.2, 0.25) is 5.91 Å². The number of nitrogens with one attached hydrogen (secondary N) is 2. The summed E-state index contributed by atoms with van der Waals surface area (Å²) in [5.41, 5.74) is 8.48. The van der Waals surface area contributed by atoms with E-state index >= 15 is 0 Å². The van der Waals surface area contributed by atoms with Crippen LogP contribution in [0.3, 0.4) is 0 Å². The molecule has 212 valence electrons. The first-order valence-electron chi connectivity index (χ1n) is 14.8. The van der Waals surface area contributed by atoms with Gasteiger partial charge in [-0.25, -0.2) is 0 Å². The van der Waals surface area contributed by atoms with Gasteiger partial charge in [-0.1, -0.05) is 47.7 Å². The predicted octanol–water partition coefficient (Wildman–Crippen LogP) is 7.11. The van der Waals surface area contributed by atoms with Gasteiger partial charge in [0.05, 0.1) is 10.4 Å². The standard InChI is InChI=1S/C34H44N4OS/c1-6-25(11-14-35)26-12-17-37(22-26)18-13-28-29-9-10-30(34(4,5)33(39)38-15-7-8-16-38)40-32(29)36-31(28)27-20-23(2)19-24(3)21-27/h6,10-11,14,19-21,26,35-36H,1,7-9,12-13,15-18,22H2,2-5H3/b25-11+,35-14?. The Hall–Kier alpha value is -2.83. The smallest absolute Gasteiger partial charge is 0.233 e. The lowest BCUT2D eigenvalue weighted by molar-refractivity contribution is -0.136. The van der Waals surface area contributed by atoms with Crippen LogP contribution < -0.4 is 0 Å². The van der Waals surface area contributed by atoms with Crippen LogP contribution in [-0.2, 0) is 17.6 Å². The number of fused-ring (bicyclic) bond motifs is 1. The highest BCUT2D eigenvalue weighted by atomic mass is 32.2. The number of carbonyl (C=O) groups is 1. The molecule has 2 N–H and O–H groups in total. The van der Waals surface area contributed by atoms with Crippen molar-refractivity contribution >= 4 is 23.9 Å². The molecule has 1 unspecified atom stereocenters. The molecule has 6 heteroatoms. The zero-order valence-electron chi connectivity index (χ0n) is 24.6. The van der Waals surface area contributed by atoms with Gasteiger partial charge in [0, 0.05) is 43.0 Å². The number of aromatic nitrogens is 1. The molecule has 2 saturated heterocycles. The number of hydrogen-bond donors (Lipinski definition) is 2. The highest BCUT2D eigenvalue weighted by Gasteiger charge is 2.39. The van der Waals surface area contributed by atoms with Crippen LogP contribution in [0.1, 0.15) is 55.4 Å². The van der Waals surface area contributed by atoms with Gasteiger partial charge in [0.25, 0.3) is 0 Å². The van der Waals surface area contributed by atoms with E-state index in [2.05, 4.69) is 73.3 Å². The highest BCUT2D eigenvalue weighted by Crippen LogP contribution is 2.47. The summed E-state index contributed by atoms with van der Waals surface area (Å²) in [4.78, 5) is 23.1. The number of thioether (sulfide) groups is 1. The molecule has 2 fully saturated rings. The van der Waals surface area contributed by atoms with Crippen molar-refractivity contribution in [2.24, 2.45) is 11.3 Å². The summed E-state index contributed by atoms with van der Waals surface area (Å²) in [6.45, 7) is 17.4. The average molecular weight is 557 g/mol. The Morgan fingerprint density at radius 3 is 2.58 bits per heavy atom. The van der Waals surface area contributed by atoms with Crippen molar-refractivity contribution in [2.75, 3.05) is 32.7 Å². The largest absolute Gasteiger partial charge is 0.349 e. The number of H-pyrrole nitrogens is 1. The van der Waals surface area contributed by atoms with Gasteiger partial charge in [0.1, 0.15) is 0 Å². The molecule has 1 aromatic heterocycles. The number of likely N-dealkylation sites (tertiary alicyclic amines) is 2. The van der Waals surface area contributed by atoms with Crippen LogP contribution in [0.4, 0.5) is 0 Å². The summed E-state index contributed by atoms with van der Waals surface area (Å²) < 4.78 is 0. The average Bonchev–Trinajstić information content (AvgIpc) is 3.69. The molecule has 1 atom stereocenters. The second kappa shape index (κ2) is 12.0. The molecule has 1 amide bonds. The Labute approximate surface area is 244 Å². The summed E-state index contributed by atoms with van der Waals surface area (Å²) in [6, 6.07) is 6.81. The summed E-state index contributed by atoms with van der Waals surface area (Å²) in [5, 5.41) is 8.68. The van der Waals surface area contributed by atoms with Gasteiger partial charge >= 0.3 is 0 Å². The molecule has 2 aromatic rings. The van der Waals surface area contributed by atoms with E-state index in [1.54, 1.807) is 11.8 Å². The van der Waals surface area contributed by atoms with Crippen molar-refractivity contribution in [3.8, 4) is 11.3 Å². The maximum atomic E-state index is 13.5. The normalized spacial score (nSPS) is 20.0. The first-order valence-corrected chi connectivity index (χ1v) is 15.6. The fourth-order valence-corrected chi connectivity index (χ4v) is 7.90. The van der Waals surface area contributed by atoms with Crippen LogP contribution in [0.15, 0.2) is 58.5 Å². The minimum Gasteiger partial charge on any atom is -0.349 e. The second-order valence-electron chi connectivity index (χ2n) is 12.2. The quantitative estimate of drug-likeness (QED) is 0.256. The maximum Gasteiger partial charge on any atom is 0.233 e. The third-order valence-electron chi connectivity index (χ3n) is 8.87. The van der Waals surface area contributed by atoms with Gasteiger partial charge in [0.15, 0.2) is 0 Å². The van der Waals surface area contributed by atoms with Crippen molar-refractivity contribution in [2.45, 2.75) is 64.8 Å². The summed E-state index contributed by atoms with van der Waals surface area (Å²) in [5.74, 6) is 0.711. The Kier molecular flexibility index (Phi) is 8.58. The van der Waals surface area contributed by atoms with Crippen LogP contribution in [-0.4, -0.2) is 59.6 Å². The lowest BCUT2D eigenvalue weighted by Gasteiger charge is -2.32. The van der Waals surface area contributed by atoms with Crippen molar-refractivity contribution in [3.63, 3.8) is 0 Å². The van der Waals surface area contributed by atoms with Crippen LogP contribution in [0.5, 0.6) is 0 Å². The SMILES string of the molecule is C=C/C(=C\C=N)C1CCN(CCc2c(-c3cc(C)cc(C)c3)[nH]c3c2CC=C(C(C)(C)C(=O)N2CCCC2)S3)C1. The summed E-state index contributed by atoms with van der Waals surface area (Å²) in [7, 11) is 0. The molecule has 0 bridgehead atoms.